The van der Waals surface area contributed by atoms with E-state index in [-0.39, 0.29) is 24.5 Å². The molecule has 0 N–H and O–H groups in total. The summed E-state index contributed by atoms with van der Waals surface area (Å²) in [6.45, 7) is 8.64. The van der Waals surface area contributed by atoms with Gasteiger partial charge in [-0.15, -0.1) is 0 Å². The molecule has 0 unspecified atom stereocenters. The van der Waals surface area contributed by atoms with Gasteiger partial charge in [0.05, 0.1) is 31.4 Å². The van der Waals surface area contributed by atoms with Gasteiger partial charge in [0.1, 0.15) is 11.4 Å². The van der Waals surface area contributed by atoms with Gasteiger partial charge in [0, 0.05) is 13.1 Å². The third-order valence-corrected chi connectivity index (χ3v) is 5.04. The highest BCUT2D eigenvalue weighted by Gasteiger charge is 2.41. The molecule has 3 rings (SSSR count). The molecule has 2 aliphatic rings. The molecule has 1 fully saturated rings. The number of nitrogens with zero attached hydrogens (tertiary/aromatic N) is 2. The Kier molecular flexibility index (Phi) is 6.73. The highest BCUT2D eigenvalue weighted by molar-refractivity contribution is 6.35. The number of amides is 2. The van der Waals surface area contributed by atoms with E-state index in [1.165, 1.54) is 4.90 Å². The maximum atomic E-state index is 13.2. The van der Waals surface area contributed by atoms with Gasteiger partial charge in [-0.3, -0.25) is 14.5 Å². The maximum absolute atomic E-state index is 13.2. The highest BCUT2D eigenvalue weighted by atomic mass is 16.5. The summed E-state index contributed by atoms with van der Waals surface area (Å²) in [4.78, 5) is 29.8. The lowest BCUT2D eigenvalue weighted by atomic mass is 10.0. The number of carbonyl (C=O) groups excluding carboxylic acids is 2. The van der Waals surface area contributed by atoms with Gasteiger partial charge in [-0.05, 0) is 57.7 Å². The molecule has 2 amide bonds. The normalized spacial score (nSPS) is 17.9. The summed E-state index contributed by atoms with van der Waals surface area (Å²) in [5.41, 5.74) is 1.80. The lowest BCUT2D eigenvalue weighted by Gasteiger charge is -2.29. The van der Waals surface area contributed by atoms with E-state index < -0.39 is 0 Å². The lowest BCUT2D eigenvalue weighted by Crippen LogP contribution is -2.39. The molecule has 0 radical (unpaired) electrons. The van der Waals surface area contributed by atoms with Gasteiger partial charge in [-0.2, -0.15) is 0 Å². The molecule has 28 heavy (non-hydrogen) atoms. The van der Waals surface area contributed by atoms with Crippen LogP contribution >= 0.6 is 0 Å². The van der Waals surface area contributed by atoms with Crippen molar-refractivity contribution in [2.24, 2.45) is 0 Å². The summed E-state index contributed by atoms with van der Waals surface area (Å²) in [6.07, 6.45) is 3.31. The van der Waals surface area contributed by atoms with Crippen LogP contribution in [0.2, 0.25) is 0 Å². The number of likely N-dealkylation sites (tertiary alicyclic amines) is 1. The van der Waals surface area contributed by atoms with Gasteiger partial charge in [-0.1, -0.05) is 12.1 Å². The van der Waals surface area contributed by atoms with E-state index in [1.54, 1.807) is 0 Å². The Morgan fingerprint density at radius 2 is 1.68 bits per heavy atom. The topological polar surface area (TPSA) is 59.1 Å². The number of hydrogen-bond donors (Lipinski definition) is 0. The van der Waals surface area contributed by atoms with Crippen LogP contribution in [0.5, 0.6) is 5.75 Å². The molecule has 6 heteroatoms. The molecule has 6 nitrogen and oxygen atoms in total. The smallest absolute Gasteiger partial charge is 0.277 e. The first-order chi connectivity index (χ1) is 13.5. The van der Waals surface area contributed by atoms with Crippen LogP contribution in [0.25, 0.3) is 5.57 Å². The number of piperidine rings is 1. The summed E-state index contributed by atoms with van der Waals surface area (Å²) in [6, 6.07) is 7.43. The van der Waals surface area contributed by atoms with Crippen LogP contribution in [-0.4, -0.2) is 60.6 Å². The molecule has 2 aliphatic heterocycles. The van der Waals surface area contributed by atoms with Gasteiger partial charge >= 0.3 is 0 Å². The Hall–Kier alpha value is -2.34. The van der Waals surface area contributed by atoms with E-state index in [9.17, 15) is 9.59 Å². The van der Waals surface area contributed by atoms with E-state index in [0.29, 0.717) is 24.5 Å². The van der Waals surface area contributed by atoms with E-state index in [1.807, 2.05) is 45.0 Å². The first-order valence-corrected chi connectivity index (χ1v) is 10.2. The fraction of sp³-hybridized carbons (Fsp3) is 0.545. The highest BCUT2D eigenvalue weighted by Crippen LogP contribution is 2.33. The van der Waals surface area contributed by atoms with Crippen LogP contribution in [0, 0.1) is 0 Å². The zero-order valence-electron chi connectivity index (χ0n) is 17.1. The Balaban J connectivity index is 1.91. The van der Waals surface area contributed by atoms with E-state index in [0.717, 1.165) is 43.7 Å². The van der Waals surface area contributed by atoms with Crippen LogP contribution in [0.3, 0.4) is 0 Å². The molecule has 0 atom stereocenters. The quantitative estimate of drug-likeness (QED) is 0.643. The third-order valence-electron chi connectivity index (χ3n) is 5.04. The van der Waals surface area contributed by atoms with Crippen molar-refractivity contribution in [3.05, 3.63) is 35.5 Å². The molecule has 1 aromatic rings. The number of rotatable bonds is 8. The Bertz CT molecular complexity index is 733. The van der Waals surface area contributed by atoms with Crippen molar-refractivity contribution in [3.63, 3.8) is 0 Å². The molecule has 1 aromatic carbocycles. The summed E-state index contributed by atoms with van der Waals surface area (Å²) in [5, 5.41) is 0. The number of benzene rings is 1. The second-order valence-corrected chi connectivity index (χ2v) is 7.41. The van der Waals surface area contributed by atoms with E-state index in [2.05, 4.69) is 4.90 Å². The third kappa shape index (κ3) is 4.38. The van der Waals surface area contributed by atoms with Crippen LogP contribution in [-0.2, 0) is 14.3 Å². The molecule has 0 saturated carbocycles. The van der Waals surface area contributed by atoms with Crippen molar-refractivity contribution in [1.82, 2.24) is 9.80 Å². The largest absolute Gasteiger partial charge is 0.494 e. The number of imide groups is 1. The SMILES string of the molecule is CCOc1ccc(C2=C(N3CCCCC3)C(=O)N(CCOC(C)C)C2=O)cc1. The molecule has 2 heterocycles. The molecule has 152 valence electrons. The zero-order valence-corrected chi connectivity index (χ0v) is 17.1. The summed E-state index contributed by atoms with van der Waals surface area (Å²) < 4.78 is 11.1. The first kappa shape index (κ1) is 20.4. The second-order valence-electron chi connectivity index (χ2n) is 7.41. The van der Waals surface area contributed by atoms with Crippen molar-refractivity contribution >= 4 is 17.4 Å². The van der Waals surface area contributed by atoms with Crippen LogP contribution in [0.15, 0.2) is 30.0 Å². The van der Waals surface area contributed by atoms with Crippen LogP contribution in [0.1, 0.15) is 45.6 Å². The number of hydrogen-bond acceptors (Lipinski definition) is 5. The van der Waals surface area contributed by atoms with Gasteiger partial charge < -0.3 is 14.4 Å². The van der Waals surface area contributed by atoms with Gasteiger partial charge in [0.2, 0.25) is 0 Å². The minimum Gasteiger partial charge on any atom is -0.494 e. The lowest BCUT2D eigenvalue weighted by molar-refractivity contribution is -0.138. The fourth-order valence-electron chi connectivity index (χ4n) is 3.70. The molecule has 0 spiro atoms. The van der Waals surface area contributed by atoms with Gasteiger partial charge in [0.15, 0.2) is 0 Å². The summed E-state index contributed by atoms with van der Waals surface area (Å²) >= 11 is 0. The van der Waals surface area contributed by atoms with Crippen molar-refractivity contribution < 1.29 is 19.1 Å². The van der Waals surface area contributed by atoms with Crippen molar-refractivity contribution in [2.75, 3.05) is 32.8 Å². The number of ether oxygens (including phenoxy) is 2. The molecule has 1 saturated heterocycles. The van der Waals surface area contributed by atoms with Crippen LogP contribution < -0.4 is 4.74 Å². The van der Waals surface area contributed by atoms with Gasteiger partial charge in [0.25, 0.3) is 11.8 Å². The second kappa shape index (κ2) is 9.24. The minimum absolute atomic E-state index is 0.0629. The predicted octanol–water partition coefficient (Wildman–Crippen LogP) is 3.08. The molecule has 0 bridgehead atoms. The average molecular weight is 386 g/mol. The first-order valence-electron chi connectivity index (χ1n) is 10.2. The van der Waals surface area contributed by atoms with Gasteiger partial charge in [-0.25, -0.2) is 0 Å². The monoisotopic (exact) mass is 386 g/mol. The Labute approximate surface area is 167 Å². The predicted molar refractivity (Wildman–Crippen MR) is 108 cm³/mol. The molecule has 0 aromatic heterocycles. The maximum Gasteiger partial charge on any atom is 0.277 e. The van der Waals surface area contributed by atoms with Crippen LogP contribution in [0.4, 0.5) is 0 Å². The Morgan fingerprint density at radius 1 is 1.00 bits per heavy atom. The minimum atomic E-state index is -0.234. The number of carbonyl (C=O) groups is 2. The zero-order chi connectivity index (χ0) is 20.1. The average Bonchev–Trinajstić information content (AvgIpc) is 2.94. The van der Waals surface area contributed by atoms with Crippen molar-refractivity contribution in [1.29, 1.82) is 0 Å². The van der Waals surface area contributed by atoms with E-state index in [4.69, 9.17) is 9.47 Å². The fourth-order valence-corrected chi connectivity index (χ4v) is 3.70. The molecular weight excluding hydrogens is 356 g/mol. The standard InChI is InChI=1S/C22H30N2O4/c1-4-27-18-10-8-17(9-11-18)19-20(23-12-6-5-7-13-23)22(26)24(21(19)25)14-15-28-16(2)3/h8-11,16H,4-7,12-15H2,1-3H3. The summed E-state index contributed by atoms with van der Waals surface area (Å²) in [5.74, 6) is 0.315. The Morgan fingerprint density at radius 3 is 2.29 bits per heavy atom. The molecule has 0 aliphatic carbocycles. The van der Waals surface area contributed by atoms with Crippen molar-refractivity contribution in [3.8, 4) is 5.75 Å². The van der Waals surface area contributed by atoms with E-state index >= 15 is 0 Å². The molecular formula is C22H30N2O4. The summed E-state index contributed by atoms with van der Waals surface area (Å²) in [7, 11) is 0. The van der Waals surface area contributed by atoms with Crippen molar-refractivity contribution in [2.45, 2.75) is 46.1 Å².